The van der Waals surface area contributed by atoms with Crippen molar-refractivity contribution < 1.29 is 33.3 Å². The van der Waals surface area contributed by atoms with Crippen molar-refractivity contribution in [1.82, 2.24) is 4.98 Å². The highest BCUT2D eigenvalue weighted by molar-refractivity contribution is 5.90. The molecule has 2 aromatic carbocycles. The van der Waals surface area contributed by atoms with Crippen LogP contribution in [0.4, 0.5) is 0 Å². The van der Waals surface area contributed by atoms with Crippen LogP contribution < -0.4 is 10.4 Å². The number of esters is 2. The number of ether oxygens (including phenoxy) is 3. The molecule has 10 heteroatoms. The van der Waals surface area contributed by atoms with Gasteiger partial charge in [0.1, 0.15) is 34.9 Å². The van der Waals surface area contributed by atoms with Crippen LogP contribution in [0.3, 0.4) is 0 Å². The molecule has 2 saturated carbocycles. The van der Waals surface area contributed by atoms with Gasteiger partial charge in [-0.05, 0) is 92.0 Å². The van der Waals surface area contributed by atoms with Crippen molar-refractivity contribution in [2.45, 2.75) is 63.9 Å². The predicted molar refractivity (Wildman–Crippen MR) is 176 cm³/mol. The predicted octanol–water partition coefficient (Wildman–Crippen LogP) is 6.28. The number of nitrogens with zero attached hydrogens (tertiary/aromatic N) is 2. The van der Waals surface area contributed by atoms with E-state index in [2.05, 4.69) is 11.9 Å². The van der Waals surface area contributed by atoms with Crippen molar-refractivity contribution in [3.05, 3.63) is 118 Å². The Morgan fingerprint density at radius 2 is 1.71 bits per heavy atom. The summed E-state index contributed by atoms with van der Waals surface area (Å²) in [5, 5.41) is 21.5. The van der Waals surface area contributed by atoms with E-state index in [0.29, 0.717) is 36.0 Å². The van der Waals surface area contributed by atoms with Crippen molar-refractivity contribution >= 4 is 11.9 Å². The van der Waals surface area contributed by atoms with Gasteiger partial charge >= 0.3 is 17.6 Å². The largest absolute Gasteiger partial charge is 0.482 e. The van der Waals surface area contributed by atoms with E-state index >= 15 is 0 Å². The molecule has 2 aliphatic carbocycles. The molecule has 3 aliphatic rings. The summed E-state index contributed by atoms with van der Waals surface area (Å²) in [7, 11) is 0. The number of hydrogen-bond donors (Lipinski definition) is 1. The van der Waals surface area contributed by atoms with Crippen LogP contribution in [0, 0.1) is 34.5 Å². The number of hydrogen-bond acceptors (Lipinski definition) is 10. The van der Waals surface area contributed by atoms with Crippen molar-refractivity contribution in [1.29, 1.82) is 5.26 Å². The molecule has 2 aromatic heterocycles. The van der Waals surface area contributed by atoms with Gasteiger partial charge in [0.25, 0.3) is 0 Å². The highest BCUT2D eigenvalue weighted by Gasteiger charge is 2.68. The van der Waals surface area contributed by atoms with Crippen molar-refractivity contribution in [3.63, 3.8) is 0 Å². The maximum Gasteiger partial charge on any atom is 0.345 e. The minimum absolute atomic E-state index is 0.0134. The molecule has 3 unspecified atom stereocenters. The van der Waals surface area contributed by atoms with Crippen LogP contribution >= 0.6 is 0 Å². The highest BCUT2D eigenvalue weighted by atomic mass is 16.6. The van der Waals surface area contributed by atoms with Crippen LogP contribution in [-0.2, 0) is 9.47 Å². The number of rotatable bonds is 5. The molecule has 8 atom stereocenters. The topological polar surface area (TPSA) is 149 Å². The zero-order valence-electron chi connectivity index (χ0n) is 27.4. The first-order chi connectivity index (χ1) is 23.5. The second kappa shape index (κ2) is 12.3. The highest BCUT2D eigenvalue weighted by Crippen LogP contribution is 2.65. The molecular formula is C39H36N2O8. The Morgan fingerprint density at radius 1 is 1.00 bits per heavy atom. The summed E-state index contributed by atoms with van der Waals surface area (Å²) in [5.41, 5.74) is -0.915. The van der Waals surface area contributed by atoms with E-state index < -0.39 is 52.8 Å². The summed E-state index contributed by atoms with van der Waals surface area (Å²) in [4.78, 5) is 44.5. The number of carbonyl (C=O) groups excluding carboxylic acids is 2. The van der Waals surface area contributed by atoms with Gasteiger partial charge in [-0.1, -0.05) is 32.0 Å². The molecule has 0 bridgehead atoms. The first-order valence-corrected chi connectivity index (χ1v) is 16.5. The van der Waals surface area contributed by atoms with Crippen LogP contribution in [-0.4, -0.2) is 39.8 Å². The van der Waals surface area contributed by atoms with Crippen LogP contribution in [0.1, 0.15) is 78.0 Å². The fourth-order valence-corrected chi connectivity index (χ4v) is 8.63. The molecule has 0 spiro atoms. The van der Waals surface area contributed by atoms with Gasteiger partial charge in [-0.3, -0.25) is 4.98 Å². The molecule has 250 valence electrons. The number of nitriles is 1. The van der Waals surface area contributed by atoms with Crippen molar-refractivity contribution in [3.8, 4) is 23.1 Å². The maximum absolute atomic E-state index is 13.7. The molecule has 0 radical (unpaired) electrons. The first-order valence-electron chi connectivity index (χ1n) is 16.5. The second-order valence-corrected chi connectivity index (χ2v) is 13.8. The number of aliphatic hydroxyl groups is 1. The summed E-state index contributed by atoms with van der Waals surface area (Å²) in [6.45, 7) is 5.92. The van der Waals surface area contributed by atoms with Gasteiger partial charge in [-0.15, -0.1) is 0 Å². The monoisotopic (exact) mass is 660 g/mol. The van der Waals surface area contributed by atoms with Crippen LogP contribution in [0.5, 0.6) is 5.75 Å². The average Bonchev–Trinajstić information content (AvgIpc) is 3.10. The van der Waals surface area contributed by atoms with Crippen molar-refractivity contribution in [2.75, 3.05) is 0 Å². The zero-order chi connectivity index (χ0) is 34.5. The average molecular weight is 661 g/mol. The molecule has 10 nitrogen and oxygen atoms in total. The van der Waals surface area contributed by atoms with Gasteiger partial charge in [0.05, 0.1) is 28.9 Å². The first kappa shape index (κ1) is 32.3. The van der Waals surface area contributed by atoms with E-state index in [1.54, 1.807) is 67.0 Å². The molecule has 0 amide bonds. The molecule has 1 N–H and O–H groups in total. The molecule has 1 aliphatic heterocycles. The van der Waals surface area contributed by atoms with E-state index in [-0.39, 0.29) is 34.5 Å². The number of aromatic nitrogens is 1. The summed E-state index contributed by atoms with van der Waals surface area (Å²) >= 11 is 0. The Hall–Kier alpha value is -5.27. The van der Waals surface area contributed by atoms with Gasteiger partial charge in [0, 0.05) is 29.9 Å². The maximum atomic E-state index is 13.7. The molecule has 0 saturated heterocycles. The Bertz CT molecular complexity index is 1990. The third kappa shape index (κ3) is 5.48. The molecule has 49 heavy (non-hydrogen) atoms. The molecular weight excluding hydrogens is 624 g/mol. The fraction of sp³-hybridized carbons (Fsp3) is 0.359. The third-order valence-electron chi connectivity index (χ3n) is 11.1. The Balaban J connectivity index is 1.28. The quantitative estimate of drug-likeness (QED) is 0.242. The van der Waals surface area contributed by atoms with Crippen LogP contribution in [0.2, 0.25) is 0 Å². The summed E-state index contributed by atoms with van der Waals surface area (Å²) in [6.07, 6.45) is 2.00. The Morgan fingerprint density at radius 3 is 2.41 bits per heavy atom. The Labute approximate surface area is 283 Å². The third-order valence-corrected chi connectivity index (χ3v) is 11.1. The van der Waals surface area contributed by atoms with E-state index in [0.717, 1.165) is 0 Å². The summed E-state index contributed by atoms with van der Waals surface area (Å²) in [5.74, 6) is -1.74. The lowest BCUT2D eigenvalue weighted by Gasteiger charge is -2.64. The van der Waals surface area contributed by atoms with Gasteiger partial charge in [0.15, 0.2) is 0 Å². The molecule has 2 fully saturated rings. The fourth-order valence-electron chi connectivity index (χ4n) is 8.63. The Kier molecular flexibility index (Phi) is 8.11. The minimum Gasteiger partial charge on any atom is -0.482 e. The number of benzene rings is 2. The standard InChI is InChI=1S/C39H36N2O8/c1-22-27-18-31(48-36(44)25-13-11-23(20-40)12-14-25)39(3)34(38(27,2)16-15-28(22)46-35(43)24-8-5-4-6-9-24)33(42)32-30(49-39)19-29(47-37(32)45)26-10-7-17-41-21-26/h4-14,17,19,21-22,27-28,31,33-34,42H,15-16,18H2,1-3H3/t22-,27?,28+,31+,33?,34?,38+,39-/m1/s1. The zero-order valence-corrected chi connectivity index (χ0v) is 27.4. The molecule has 4 aromatic rings. The SMILES string of the molecule is C[C@@H]1C2C[C@H](OC(=O)c3ccc(C#N)cc3)[C@@]3(C)Oc4cc(-c5cccnc5)oc(=O)c4C(O)C3[C@@]2(C)CC[C@@H]1OC(=O)c1ccccc1. The number of aliphatic hydroxyl groups excluding tert-OH is 1. The minimum atomic E-state index is -1.31. The van der Waals surface area contributed by atoms with Crippen LogP contribution in [0.15, 0.2) is 94.4 Å². The van der Waals surface area contributed by atoms with E-state index in [4.69, 9.17) is 18.6 Å². The molecule has 7 rings (SSSR count). The molecule has 3 heterocycles. The summed E-state index contributed by atoms with van der Waals surface area (Å²) < 4.78 is 24.8. The van der Waals surface area contributed by atoms with Crippen molar-refractivity contribution in [2.24, 2.45) is 23.2 Å². The van der Waals surface area contributed by atoms with Gasteiger partial charge in [0.2, 0.25) is 0 Å². The van der Waals surface area contributed by atoms with Gasteiger partial charge in [-0.25, -0.2) is 14.4 Å². The number of pyridine rings is 1. The van der Waals surface area contributed by atoms with Crippen LogP contribution in [0.25, 0.3) is 11.3 Å². The number of carbonyl (C=O) groups is 2. The van der Waals surface area contributed by atoms with E-state index in [1.807, 2.05) is 26.0 Å². The second-order valence-electron chi connectivity index (χ2n) is 13.8. The van der Waals surface area contributed by atoms with Gasteiger partial charge < -0.3 is 23.7 Å². The van der Waals surface area contributed by atoms with E-state index in [1.165, 1.54) is 12.1 Å². The normalized spacial score (nSPS) is 29.9. The summed E-state index contributed by atoms with van der Waals surface area (Å²) in [6, 6.07) is 22.1. The smallest absolute Gasteiger partial charge is 0.345 e. The van der Waals surface area contributed by atoms with E-state index in [9.17, 15) is 24.8 Å². The lowest BCUT2D eigenvalue weighted by molar-refractivity contribution is -0.241. The number of fused-ring (bicyclic) bond motifs is 4. The lowest BCUT2D eigenvalue weighted by Crippen LogP contribution is -2.69. The lowest BCUT2D eigenvalue weighted by atomic mass is 9.46. The van der Waals surface area contributed by atoms with Gasteiger partial charge in [-0.2, -0.15) is 5.26 Å².